The summed E-state index contributed by atoms with van der Waals surface area (Å²) in [5.41, 5.74) is 0. The Hall–Kier alpha value is -2.11. The van der Waals surface area contributed by atoms with Crippen molar-refractivity contribution >= 4 is 17.8 Å². The molecule has 2 heterocycles. The Morgan fingerprint density at radius 3 is 2.52 bits per heavy atom. The van der Waals surface area contributed by atoms with E-state index in [1.807, 2.05) is 23.1 Å². The van der Waals surface area contributed by atoms with Crippen molar-refractivity contribution < 1.29 is 19.5 Å². The molecule has 0 spiro atoms. The number of nitrogens with zero attached hydrogens (tertiary/aromatic N) is 2. The quantitative estimate of drug-likeness (QED) is 0.795. The molecule has 126 valence electrons. The van der Waals surface area contributed by atoms with Gasteiger partial charge in [-0.3, -0.25) is 14.4 Å². The maximum Gasteiger partial charge on any atom is 0.323 e. The van der Waals surface area contributed by atoms with Crippen LogP contribution in [0.1, 0.15) is 32.1 Å². The van der Waals surface area contributed by atoms with Crippen LogP contribution in [0.4, 0.5) is 0 Å². The molecule has 0 aromatic heterocycles. The topological polar surface area (TPSA) is 77.9 Å². The second-order valence-electron chi connectivity index (χ2n) is 6.03. The Balaban J connectivity index is 1.99. The van der Waals surface area contributed by atoms with Crippen molar-refractivity contribution in [3.63, 3.8) is 0 Å². The van der Waals surface area contributed by atoms with Gasteiger partial charge in [0.2, 0.25) is 11.8 Å². The number of hydrogen-bond acceptors (Lipinski definition) is 3. The van der Waals surface area contributed by atoms with E-state index in [1.165, 1.54) is 4.90 Å². The third kappa shape index (κ3) is 5.54. The molecule has 1 unspecified atom stereocenters. The highest BCUT2D eigenvalue weighted by Crippen LogP contribution is 2.16. The average molecular weight is 320 g/mol. The molecule has 0 fully saturated rings. The molecule has 0 saturated heterocycles. The van der Waals surface area contributed by atoms with Crippen molar-refractivity contribution in [2.75, 3.05) is 26.2 Å². The van der Waals surface area contributed by atoms with Crippen LogP contribution < -0.4 is 0 Å². The molecule has 6 heteroatoms. The summed E-state index contributed by atoms with van der Waals surface area (Å²) in [5, 5.41) is 8.89. The van der Waals surface area contributed by atoms with Crippen molar-refractivity contribution in [2.45, 2.75) is 32.1 Å². The Labute approximate surface area is 136 Å². The molecule has 2 amide bonds. The van der Waals surface area contributed by atoms with Gasteiger partial charge in [0.25, 0.3) is 0 Å². The number of amides is 2. The van der Waals surface area contributed by atoms with E-state index in [4.69, 9.17) is 5.11 Å². The molecule has 1 atom stereocenters. The molecule has 0 radical (unpaired) electrons. The summed E-state index contributed by atoms with van der Waals surface area (Å²) >= 11 is 0. The lowest BCUT2D eigenvalue weighted by molar-refractivity contribution is -0.144. The molecule has 0 bridgehead atoms. The smallest absolute Gasteiger partial charge is 0.323 e. The van der Waals surface area contributed by atoms with Crippen molar-refractivity contribution in [1.29, 1.82) is 0 Å². The average Bonchev–Trinajstić information content (AvgIpc) is 2.47. The van der Waals surface area contributed by atoms with Crippen LogP contribution in [-0.2, 0) is 14.4 Å². The van der Waals surface area contributed by atoms with Crippen LogP contribution in [0.2, 0.25) is 0 Å². The number of rotatable bonds is 4. The molecule has 23 heavy (non-hydrogen) atoms. The van der Waals surface area contributed by atoms with Gasteiger partial charge in [-0.25, -0.2) is 0 Å². The van der Waals surface area contributed by atoms with Gasteiger partial charge in [-0.2, -0.15) is 0 Å². The Morgan fingerprint density at radius 1 is 1.04 bits per heavy atom. The van der Waals surface area contributed by atoms with E-state index in [2.05, 4.69) is 6.08 Å². The zero-order chi connectivity index (χ0) is 16.7. The predicted molar refractivity (Wildman–Crippen MR) is 85.7 cm³/mol. The Morgan fingerprint density at radius 2 is 1.74 bits per heavy atom. The van der Waals surface area contributed by atoms with Crippen molar-refractivity contribution in [3.05, 3.63) is 24.3 Å². The van der Waals surface area contributed by atoms with Gasteiger partial charge in [0.15, 0.2) is 0 Å². The third-order valence-electron chi connectivity index (χ3n) is 4.15. The highest BCUT2D eigenvalue weighted by molar-refractivity contribution is 5.82. The molecule has 0 saturated carbocycles. The number of carboxylic acids is 1. The van der Waals surface area contributed by atoms with Crippen LogP contribution in [0.5, 0.6) is 0 Å². The number of carboxylic acid groups (broad SMARTS) is 1. The first kappa shape index (κ1) is 17.2. The lowest BCUT2D eigenvalue weighted by atomic mass is 10.00. The van der Waals surface area contributed by atoms with E-state index in [-0.39, 0.29) is 30.7 Å². The first-order chi connectivity index (χ1) is 11.1. The molecule has 0 aromatic rings. The maximum atomic E-state index is 12.3. The number of allylic oxidation sites excluding steroid dienone is 1. The van der Waals surface area contributed by atoms with Crippen molar-refractivity contribution in [2.24, 2.45) is 5.92 Å². The van der Waals surface area contributed by atoms with Crippen LogP contribution in [-0.4, -0.2) is 58.9 Å². The fourth-order valence-electron chi connectivity index (χ4n) is 2.95. The first-order valence-electron chi connectivity index (χ1n) is 8.15. The van der Waals surface area contributed by atoms with E-state index in [1.54, 1.807) is 0 Å². The van der Waals surface area contributed by atoms with Gasteiger partial charge in [0.05, 0.1) is 0 Å². The number of hydrogen-bond donors (Lipinski definition) is 1. The molecular weight excluding hydrogens is 296 g/mol. The SMILES string of the molecule is O=C(O)CN1CC/C=C/C(CN2CC/C=C/CCC2=O)CC1=O. The summed E-state index contributed by atoms with van der Waals surface area (Å²) in [7, 11) is 0. The molecule has 0 aromatic carbocycles. The summed E-state index contributed by atoms with van der Waals surface area (Å²) < 4.78 is 0. The summed E-state index contributed by atoms with van der Waals surface area (Å²) in [4.78, 5) is 38.5. The standard InChI is InChI=1S/C17H24N2O4/c20-15-8-3-1-2-5-9-18(15)12-14-7-4-6-10-19(13-17(22)23)16(21)11-14/h1-2,4,7,14H,3,5-6,8-13H2,(H,22,23)/b2-1+,7-4+. The van der Waals surface area contributed by atoms with Crippen molar-refractivity contribution in [1.82, 2.24) is 9.80 Å². The highest BCUT2D eigenvalue weighted by atomic mass is 16.4. The summed E-state index contributed by atoms with van der Waals surface area (Å²) in [6.07, 6.45) is 11.1. The van der Waals surface area contributed by atoms with Crippen LogP contribution >= 0.6 is 0 Å². The summed E-state index contributed by atoms with van der Waals surface area (Å²) in [6, 6.07) is 0. The fourth-order valence-corrected chi connectivity index (χ4v) is 2.95. The van der Waals surface area contributed by atoms with Gasteiger partial charge in [0.1, 0.15) is 6.54 Å². The minimum absolute atomic E-state index is 0.0496. The van der Waals surface area contributed by atoms with Gasteiger partial charge < -0.3 is 14.9 Å². The molecule has 2 rings (SSSR count). The normalized spacial score (nSPS) is 26.0. The minimum Gasteiger partial charge on any atom is -0.480 e. The van der Waals surface area contributed by atoms with Crippen LogP contribution in [0.3, 0.4) is 0 Å². The van der Waals surface area contributed by atoms with Gasteiger partial charge in [-0.1, -0.05) is 24.3 Å². The van der Waals surface area contributed by atoms with Gasteiger partial charge >= 0.3 is 5.97 Å². The second-order valence-corrected chi connectivity index (χ2v) is 6.03. The molecule has 1 N–H and O–H groups in total. The van der Waals surface area contributed by atoms with E-state index < -0.39 is 5.97 Å². The first-order valence-corrected chi connectivity index (χ1v) is 8.15. The zero-order valence-electron chi connectivity index (χ0n) is 13.3. The van der Waals surface area contributed by atoms with Crippen LogP contribution in [0.15, 0.2) is 24.3 Å². The largest absolute Gasteiger partial charge is 0.480 e. The van der Waals surface area contributed by atoms with Crippen LogP contribution in [0.25, 0.3) is 0 Å². The summed E-state index contributed by atoms with van der Waals surface area (Å²) in [5.74, 6) is -1.07. The number of aliphatic carboxylic acids is 1. The van der Waals surface area contributed by atoms with E-state index >= 15 is 0 Å². The molecule has 0 aliphatic carbocycles. The zero-order valence-corrected chi connectivity index (χ0v) is 13.3. The highest BCUT2D eigenvalue weighted by Gasteiger charge is 2.24. The molecule has 2 aliphatic heterocycles. The Kier molecular flexibility index (Phi) is 6.38. The van der Waals surface area contributed by atoms with E-state index in [9.17, 15) is 14.4 Å². The lowest BCUT2D eigenvalue weighted by Gasteiger charge is -2.29. The van der Waals surface area contributed by atoms with Gasteiger partial charge in [-0.05, 0) is 19.3 Å². The van der Waals surface area contributed by atoms with E-state index in [0.29, 0.717) is 32.5 Å². The minimum atomic E-state index is -0.995. The maximum absolute atomic E-state index is 12.3. The lowest BCUT2D eigenvalue weighted by Crippen LogP contribution is -2.41. The van der Waals surface area contributed by atoms with E-state index in [0.717, 1.165) is 12.8 Å². The Bertz CT molecular complexity index is 513. The van der Waals surface area contributed by atoms with Crippen molar-refractivity contribution in [3.8, 4) is 0 Å². The number of carbonyl (C=O) groups excluding carboxylic acids is 2. The van der Waals surface area contributed by atoms with Gasteiger partial charge in [-0.15, -0.1) is 0 Å². The fraction of sp³-hybridized carbons (Fsp3) is 0.588. The van der Waals surface area contributed by atoms with Gasteiger partial charge in [0, 0.05) is 38.4 Å². The molecular formula is C17H24N2O4. The van der Waals surface area contributed by atoms with Crippen LogP contribution in [0, 0.1) is 5.92 Å². The monoisotopic (exact) mass is 320 g/mol. The third-order valence-corrected chi connectivity index (χ3v) is 4.15. The predicted octanol–water partition coefficient (Wildman–Crippen LogP) is 1.43. The molecule has 2 aliphatic rings. The second kappa shape index (κ2) is 8.50. The number of carbonyl (C=O) groups is 3. The molecule has 6 nitrogen and oxygen atoms in total. The summed E-state index contributed by atoms with van der Waals surface area (Å²) in [6.45, 7) is 1.37.